The Hall–Kier alpha value is -2.09. The Morgan fingerprint density at radius 1 is 1.20 bits per heavy atom. The second-order valence-electron chi connectivity index (χ2n) is 7.00. The van der Waals surface area contributed by atoms with Crippen molar-refractivity contribution < 1.29 is 22.7 Å². The van der Waals surface area contributed by atoms with Crippen LogP contribution in [0.4, 0.5) is 10.5 Å². The van der Waals surface area contributed by atoms with Gasteiger partial charge in [0.1, 0.15) is 5.60 Å². The highest BCUT2D eigenvalue weighted by Crippen LogP contribution is 2.26. The van der Waals surface area contributed by atoms with Crippen molar-refractivity contribution >= 4 is 28.0 Å². The number of amides is 2. The van der Waals surface area contributed by atoms with Crippen molar-refractivity contribution in [3.05, 3.63) is 24.3 Å². The molecule has 2 amide bonds. The zero-order chi connectivity index (χ0) is 18.7. The maximum absolute atomic E-state index is 12.7. The lowest BCUT2D eigenvalue weighted by molar-refractivity contribution is -0.105. The van der Waals surface area contributed by atoms with Gasteiger partial charge in [0.05, 0.1) is 10.1 Å². The number of carbonyl (C=O) groups is 2. The van der Waals surface area contributed by atoms with Crippen LogP contribution < -0.4 is 5.32 Å². The van der Waals surface area contributed by atoms with Gasteiger partial charge < -0.3 is 15.0 Å². The van der Waals surface area contributed by atoms with E-state index in [0.29, 0.717) is 38.0 Å². The molecule has 0 radical (unpaired) electrons. The minimum Gasteiger partial charge on any atom is -0.444 e. The number of ether oxygens (including phenoxy) is 1. The lowest BCUT2D eigenvalue weighted by atomic mass is 10.1. The average molecular weight is 368 g/mol. The average Bonchev–Trinajstić information content (AvgIpc) is 2.54. The summed E-state index contributed by atoms with van der Waals surface area (Å²) in [5, 5.41) is 1.94. The van der Waals surface area contributed by atoms with E-state index in [9.17, 15) is 18.0 Å². The zero-order valence-electron chi connectivity index (χ0n) is 14.7. The highest BCUT2D eigenvalue weighted by atomic mass is 32.2. The quantitative estimate of drug-likeness (QED) is 0.824. The summed E-state index contributed by atoms with van der Waals surface area (Å²) >= 11 is 0. The van der Waals surface area contributed by atoms with Gasteiger partial charge in [-0.25, -0.2) is 13.2 Å². The number of likely N-dealkylation sites (tertiary alicyclic amines) is 1. The van der Waals surface area contributed by atoms with E-state index in [0.717, 1.165) is 0 Å². The molecule has 1 aliphatic heterocycles. The van der Waals surface area contributed by atoms with Crippen LogP contribution in [-0.2, 0) is 19.4 Å². The molecule has 1 N–H and O–H groups in total. The van der Waals surface area contributed by atoms with Crippen LogP contribution in [0.15, 0.2) is 29.2 Å². The number of sulfone groups is 1. The van der Waals surface area contributed by atoms with E-state index in [1.165, 1.54) is 12.1 Å². The van der Waals surface area contributed by atoms with Crippen LogP contribution >= 0.6 is 0 Å². The van der Waals surface area contributed by atoms with E-state index in [1.54, 1.807) is 37.8 Å². The van der Waals surface area contributed by atoms with Gasteiger partial charge in [0.15, 0.2) is 9.84 Å². The van der Waals surface area contributed by atoms with Crippen LogP contribution in [-0.4, -0.2) is 49.8 Å². The van der Waals surface area contributed by atoms with E-state index in [4.69, 9.17) is 4.74 Å². The van der Waals surface area contributed by atoms with Gasteiger partial charge in [-0.2, -0.15) is 0 Å². The topological polar surface area (TPSA) is 92.8 Å². The third kappa shape index (κ3) is 4.94. The van der Waals surface area contributed by atoms with Crippen molar-refractivity contribution in [3.8, 4) is 0 Å². The lowest BCUT2D eigenvalue weighted by Gasteiger charge is -2.33. The molecule has 0 atom stereocenters. The number of piperidine rings is 1. The molecule has 0 bridgehead atoms. The molecule has 0 unspecified atom stereocenters. The Kier molecular flexibility index (Phi) is 5.72. The van der Waals surface area contributed by atoms with Crippen LogP contribution in [0.3, 0.4) is 0 Å². The number of benzene rings is 1. The van der Waals surface area contributed by atoms with Gasteiger partial charge in [0.2, 0.25) is 6.41 Å². The summed E-state index contributed by atoms with van der Waals surface area (Å²) in [5.41, 5.74) is -0.0363. The number of hydrogen-bond donors (Lipinski definition) is 1. The molecular weight excluding hydrogens is 344 g/mol. The van der Waals surface area contributed by atoms with E-state index >= 15 is 0 Å². The molecule has 1 aliphatic rings. The van der Waals surface area contributed by atoms with Gasteiger partial charge in [-0.1, -0.05) is 0 Å². The third-order valence-corrected chi connectivity index (χ3v) is 6.22. The minimum atomic E-state index is -3.47. The molecule has 138 valence electrons. The van der Waals surface area contributed by atoms with Crippen molar-refractivity contribution in [2.75, 3.05) is 18.4 Å². The van der Waals surface area contributed by atoms with Gasteiger partial charge in [-0.3, -0.25) is 4.79 Å². The summed E-state index contributed by atoms with van der Waals surface area (Å²) in [6.07, 6.45) is 0.870. The van der Waals surface area contributed by atoms with Crippen molar-refractivity contribution in [2.45, 2.75) is 49.4 Å². The summed E-state index contributed by atoms with van der Waals surface area (Å²) in [6, 6.07) is 6.08. The lowest BCUT2D eigenvalue weighted by Crippen LogP contribution is -2.44. The predicted octanol–water partition coefficient (Wildman–Crippen LogP) is 2.43. The van der Waals surface area contributed by atoms with Gasteiger partial charge in [0, 0.05) is 18.8 Å². The van der Waals surface area contributed by atoms with Crippen LogP contribution in [0.2, 0.25) is 0 Å². The SMILES string of the molecule is CC(C)(C)OC(=O)N1CCC(S(=O)(=O)c2ccc(NC=O)cc2)CC1. The molecule has 1 heterocycles. The van der Waals surface area contributed by atoms with E-state index < -0.39 is 26.8 Å². The molecule has 0 saturated carbocycles. The summed E-state index contributed by atoms with van der Waals surface area (Å²) in [6.45, 7) is 6.09. The Bertz CT molecular complexity index is 714. The van der Waals surface area contributed by atoms with Crippen LogP contribution in [0.5, 0.6) is 0 Å². The van der Waals surface area contributed by atoms with Crippen molar-refractivity contribution in [1.29, 1.82) is 0 Å². The zero-order valence-corrected chi connectivity index (χ0v) is 15.5. The maximum atomic E-state index is 12.7. The number of anilines is 1. The van der Waals surface area contributed by atoms with E-state index in [2.05, 4.69) is 5.32 Å². The van der Waals surface area contributed by atoms with Crippen molar-refractivity contribution in [2.24, 2.45) is 0 Å². The number of nitrogens with one attached hydrogen (secondary N) is 1. The molecule has 0 aliphatic carbocycles. The molecule has 2 rings (SSSR count). The Morgan fingerprint density at radius 2 is 1.76 bits per heavy atom. The predicted molar refractivity (Wildman–Crippen MR) is 94.1 cm³/mol. The minimum absolute atomic E-state index is 0.222. The second-order valence-corrected chi connectivity index (χ2v) is 9.23. The van der Waals surface area contributed by atoms with Gasteiger partial charge in [-0.05, 0) is 57.9 Å². The second kappa shape index (κ2) is 7.43. The molecule has 8 heteroatoms. The normalized spacial score (nSPS) is 16.4. The van der Waals surface area contributed by atoms with E-state index in [-0.39, 0.29) is 4.90 Å². The fourth-order valence-corrected chi connectivity index (χ4v) is 4.41. The highest BCUT2D eigenvalue weighted by Gasteiger charge is 2.34. The number of nitrogens with zero attached hydrogens (tertiary/aromatic N) is 1. The molecule has 1 fully saturated rings. The maximum Gasteiger partial charge on any atom is 0.410 e. The first kappa shape index (κ1) is 19.2. The molecule has 1 aromatic rings. The Balaban J connectivity index is 2.01. The molecular formula is C17H24N2O5S. The van der Waals surface area contributed by atoms with Crippen molar-refractivity contribution in [3.63, 3.8) is 0 Å². The molecule has 1 saturated heterocycles. The fourth-order valence-electron chi connectivity index (χ4n) is 2.68. The summed E-state index contributed by atoms with van der Waals surface area (Å²) in [7, 11) is -3.47. The first-order chi connectivity index (χ1) is 11.6. The molecule has 0 spiro atoms. The summed E-state index contributed by atoms with van der Waals surface area (Å²) in [4.78, 5) is 24.2. The van der Waals surface area contributed by atoms with Crippen LogP contribution in [0.25, 0.3) is 0 Å². The monoisotopic (exact) mass is 368 g/mol. The van der Waals surface area contributed by atoms with E-state index in [1.807, 2.05) is 0 Å². The largest absolute Gasteiger partial charge is 0.444 e. The highest BCUT2D eigenvalue weighted by molar-refractivity contribution is 7.92. The Labute approximate surface area is 148 Å². The molecule has 1 aromatic carbocycles. The smallest absolute Gasteiger partial charge is 0.410 e. The molecule has 7 nitrogen and oxygen atoms in total. The summed E-state index contributed by atoms with van der Waals surface area (Å²) in [5.74, 6) is 0. The number of carbonyl (C=O) groups excluding carboxylic acids is 2. The molecule has 25 heavy (non-hydrogen) atoms. The number of rotatable bonds is 4. The summed E-state index contributed by atoms with van der Waals surface area (Å²) < 4.78 is 30.8. The van der Waals surface area contributed by atoms with Crippen molar-refractivity contribution in [1.82, 2.24) is 4.90 Å². The number of hydrogen-bond acceptors (Lipinski definition) is 5. The van der Waals surface area contributed by atoms with Gasteiger partial charge in [-0.15, -0.1) is 0 Å². The first-order valence-corrected chi connectivity index (χ1v) is 9.70. The Morgan fingerprint density at radius 3 is 2.24 bits per heavy atom. The third-order valence-electron chi connectivity index (χ3n) is 3.94. The molecule has 0 aromatic heterocycles. The first-order valence-electron chi connectivity index (χ1n) is 8.15. The van der Waals surface area contributed by atoms with Gasteiger partial charge >= 0.3 is 6.09 Å². The standard InChI is InChI=1S/C17H24N2O5S/c1-17(2,3)24-16(21)19-10-8-15(9-11-19)25(22,23)14-6-4-13(5-7-14)18-12-20/h4-7,12,15H,8-11H2,1-3H3,(H,18,20). The van der Waals surface area contributed by atoms with Gasteiger partial charge in [0.25, 0.3) is 0 Å². The van der Waals surface area contributed by atoms with Crippen LogP contribution in [0, 0.1) is 0 Å². The van der Waals surface area contributed by atoms with Crippen LogP contribution in [0.1, 0.15) is 33.6 Å². The fraction of sp³-hybridized carbons (Fsp3) is 0.529.